The molecule has 0 aliphatic carbocycles. The van der Waals surface area contributed by atoms with E-state index in [1.165, 1.54) is 0 Å². The first-order chi connectivity index (χ1) is 17.2. The Labute approximate surface area is 202 Å². The SMILES string of the molecule is O=C(Nc1cccc(-c2nnc3n2CCC3)n1)c1cc2c(cn1)CCN(C(=O)N1CCOCC1)C2. The highest BCUT2D eigenvalue weighted by Crippen LogP contribution is 2.24. The molecular formula is C24H26N8O3. The van der Waals surface area contributed by atoms with Gasteiger partial charge in [0, 0.05) is 45.3 Å². The number of anilines is 1. The lowest BCUT2D eigenvalue weighted by atomic mass is 10.0. The number of carbonyl (C=O) groups excluding carboxylic acids is 2. The van der Waals surface area contributed by atoms with Gasteiger partial charge in [0.05, 0.1) is 13.2 Å². The minimum atomic E-state index is -0.347. The van der Waals surface area contributed by atoms with E-state index in [-0.39, 0.29) is 11.9 Å². The molecular weight excluding hydrogens is 448 g/mol. The number of pyridine rings is 2. The lowest BCUT2D eigenvalue weighted by Crippen LogP contribution is -2.49. The number of fused-ring (bicyclic) bond motifs is 2. The minimum absolute atomic E-state index is 0.0164. The normalized spacial score (nSPS) is 17.1. The van der Waals surface area contributed by atoms with Gasteiger partial charge >= 0.3 is 6.03 Å². The number of aryl methyl sites for hydroxylation is 1. The van der Waals surface area contributed by atoms with Crippen molar-refractivity contribution in [3.8, 4) is 11.5 Å². The molecule has 35 heavy (non-hydrogen) atoms. The molecule has 180 valence electrons. The van der Waals surface area contributed by atoms with Crippen LogP contribution in [0.5, 0.6) is 0 Å². The maximum atomic E-state index is 13.0. The molecule has 3 aromatic rings. The molecule has 3 aromatic heterocycles. The second kappa shape index (κ2) is 9.06. The number of rotatable bonds is 3. The average molecular weight is 475 g/mol. The molecule has 0 radical (unpaired) electrons. The zero-order chi connectivity index (χ0) is 23.8. The van der Waals surface area contributed by atoms with Crippen LogP contribution in [0.1, 0.15) is 33.9 Å². The molecule has 1 saturated heterocycles. The molecule has 0 aromatic carbocycles. The Morgan fingerprint density at radius 2 is 1.86 bits per heavy atom. The van der Waals surface area contributed by atoms with E-state index in [0.29, 0.717) is 68.8 Å². The summed E-state index contributed by atoms with van der Waals surface area (Å²) in [5.41, 5.74) is 2.96. The van der Waals surface area contributed by atoms with Gasteiger partial charge in [0.1, 0.15) is 23.0 Å². The van der Waals surface area contributed by atoms with Gasteiger partial charge in [-0.1, -0.05) is 6.07 Å². The van der Waals surface area contributed by atoms with E-state index in [2.05, 4.69) is 30.0 Å². The number of aromatic nitrogens is 5. The third-order valence-electron chi connectivity index (χ3n) is 6.71. The molecule has 1 fully saturated rings. The number of morpholine rings is 1. The van der Waals surface area contributed by atoms with Gasteiger partial charge in [0.15, 0.2) is 5.82 Å². The summed E-state index contributed by atoms with van der Waals surface area (Å²) in [6, 6.07) is 7.23. The summed E-state index contributed by atoms with van der Waals surface area (Å²) >= 11 is 0. The Bertz CT molecular complexity index is 1280. The zero-order valence-electron chi connectivity index (χ0n) is 19.3. The van der Waals surface area contributed by atoms with Crippen LogP contribution in [0.2, 0.25) is 0 Å². The van der Waals surface area contributed by atoms with E-state index in [1.807, 2.05) is 21.9 Å². The predicted octanol–water partition coefficient (Wildman–Crippen LogP) is 1.74. The van der Waals surface area contributed by atoms with Gasteiger partial charge in [-0.15, -0.1) is 10.2 Å². The van der Waals surface area contributed by atoms with Gasteiger partial charge in [0.2, 0.25) is 0 Å². The van der Waals surface area contributed by atoms with Crippen LogP contribution in [0.25, 0.3) is 11.5 Å². The Kier molecular flexibility index (Phi) is 5.61. The van der Waals surface area contributed by atoms with E-state index in [9.17, 15) is 9.59 Å². The Hall–Kier alpha value is -3.86. The maximum absolute atomic E-state index is 13.0. The first-order valence-electron chi connectivity index (χ1n) is 12.0. The van der Waals surface area contributed by atoms with Crippen molar-refractivity contribution in [3.05, 3.63) is 53.1 Å². The van der Waals surface area contributed by atoms with Gasteiger partial charge in [-0.3, -0.25) is 9.78 Å². The molecule has 6 heterocycles. The van der Waals surface area contributed by atoms with Gasteiger partial charge in [-0.25, -0.2) is 9.78 Å². The Morgan fingerprint density at radius 3 is 2.74 bits per heavy atom. The summed E-state index contributed by atoms with van der Waals surface area (Å²) in [7, 11) is 0. The number of hydrogen-bond acceptors (Lipinski definition) is 7. The van der Waals surface area contributed by atoms with E-state index in [4.69, 9.17) is 4.74 Å². The van der Waals surface area contributed by atoms with Crippen molar-refractivity contribution in [2.24, 2.45) is 0 Å². The van der Waals surface area contributed by atoms with Crippen LogP contribution in [0.3, 0.4) is 0 Å². The topological polar surface area (TPSA) is 118 Å². The second-order valence-electron chi connectivity index (χ2n) is 8.95. The van der Waals surface area contributed by atoms with E-state index < -0.39 is 0 Å². The number of ether oxygens (including phenoxy) is 1. The number of urea groups is 1. The standard InChI is InChI=1S/C24H26N8O3/c33-23(27-20-4-1-3-18(26-20)22-29-28-21-5-2-7-32(21)22)19-13-17-15-31(8-6-16(17)14-25-19)24(34)30-9-11-35-12-10-30/h1,3-4,13-14H,2,5-12,15H2,(H,26,27,33). The number of carbonyl (C=O) groups is 2. The van der Waals surface area contributed by atoms with E-state index in [0.717, 1.165) is 36.3 Å². The Balaban J connectivity index is 1.17. The first kappa shape index (κ1) is 21.7. The van der Waals surface area contributed by atoms with Crippen molar-refractivity contribution in [2.45, 2.75) is 32.4 Å². The fourth-order valence-corrected chi connectivity index (χ4v) is 4.83. The molecule has 1 N–H and O–H groups in total. The molecule has 0 unspecified atom stereocenters. The summed E-state index contributed by atoms with van der Waals surface area (Å²) < 4.78 is 7.43. The van der Waals surface area contributed by atoms with Crippen molar-refractivity contribution in [1.29, 1.82) is 0 Å². The van der Waals surface area contributed by atoms with E-state index >= 15 is 0 Å². The molecule has 0 saturated carbocycles. The van der Waals surface area contributed by atoms with Crippen molar-refractivity contribution < 1.29 is 14.3 Å². The van der Waals surface area contributed by atoms with Crippen LogP contribution in [0.15, 0.2) is 30.5 Å². The van der Waals surface area contributed by atoms with Gasteiger partial charge in [-0.2, -0.15) is 0 Å². The molecule has 6 rings (SSSR count). The van der Waals surface area contributed by atoms with Gasteiger partial charge < -0.3 is 24.4 Å². The van der Waals surface area contributed by atoms with Gasteiger partial charge in [0.25, 0.3) is 5.91 Å². The summed E-state index contributed by atoms with van der Waals surface area (Å²) in [4.78, 5) is 38.5. The zero-order valence-corrected chi connectivity index (χ0v) is 19.3. The van der Waals surface area contributed by atoms with Crippen LogP contribution in [0.4, 0.5) is 10.6 Å². The van der Waals surface area contributed by atoms with Crippen LogP contribution >= 0.6 is 0 Å². The monoisotopic (exact) mass is 474 g/mol. The molecule has 0 bridgehead atoms. The van der Waals surface area contributed by atoms with Crippen LogP contribution in [-0.2, 0) is 30.7 Å². The van der Waals surface area contributed by atoms with Crippen molar-refractivity contribution in [3.63, 3.8) is 0 Å². The molecule has 0 atom stereocenters. The summed E-state index contributed by atoms with van der Waals surface area (Å²) in [5, 5.41) is 11.4. The molecule has 11 heteroatoms. The first-order valence-corrected chi connectivity index (χ1v) is 12.0. The Morgan fingerprint density at radius 1 is 0.971 bits per heavy atom. The maximum Gasteiger partial charge on any atom is 0.320 e. The van der Waals surface area contributed by atoms with Crippen LogP contribution < -0.4 is 5.32 Å². The van der Waals surface area contributed by atoms with Crippen molar-refractivity contribution in [2.75, 3.05) is 38.2 Å². The minimum Gasteiger partial charge on any atom is -0.378 e. The second-order valence-corrected chi connectivity index (χ2v) is 8.95. The largest absolute Gasteiger partial charge is 0.378 e. The van der Waals surface area contributed by atoms with Gasteiger partial charge in [-0.05, 0) is 42.2 Å². The summed E-state index contributed by atoms with van der Waals surface area (Å²) in [6.45, 7) is 4.32. The van der Waals surface area contributed by atoms with Crippen LogP contribution in [-0.4, -0.2) is 79.3 Å². The quantitative estimate of drug-likeness (QED) is 0.614. The molecule has 0 spiro atoms. The number of amides is 3. The van der Waals surface area contributed by atoms with Crippen molar-refractivity contribution >= 4 is 17.8 Å². The smallest absolute Gasteiger partial charge is 0.320 e. The summed E-state index contributed by atoms with van der Waals surface area (Å²) in [6.07, 6.45) is 4.42. The lowest BCUT2D eigenvalue weighted by molar-refractivity contribution is 0.0421. The molecule has 3 aliphatic heterocycles. The molecule has 11 nitrogen and oxygen atoms in total. The third-order valence-corrected chi connectivity index (χ3v) is 6.71. The number of nitrogens with one attached hydrogen (secondary N) is 1. The van der Waals surface area contributed by atoms with Crippen molar-refractivity contribution in [1.82, 2.24) is 34.5 Å². The highest BCUT2D eigenvalue weighted by atomic mass is 16.5. The molecule has 3 aliphatic rings. The highest BCUT2D eigenvalue weighted by Gasteiger charge is 2.27. The average Bonchev–Trinajstić information content (AvgIpc) is 3.53. The predicted molar refractivity (Wildman–Crippen MR) is 126 cm³/mol. The number of hydrogen-bond donors (Lipinski definition) is 1. The van der Waals surface area contributed by atoms with Crippen LogP contribution in [0, 0.1) is 0 Å². The fourth-order valence-electron chi connectivity index (χ4n) is 4.83. The fraction of sp³-hybridized carbons (Fsp3) is 0.417. The summed E-state index contributed by atoms with van der Waals surface area (Å²) in [5.74, 6) is 1.76. The number of nitrogens with zero attached hydrogens (tertiary/aromatic N) is 7. The molecule has 3 amide bonds. The lowest BCUT2D eigenvalue weighted by Gasteiger charge is -2.35. The van der Waals surface area contributed by atoms with E-state index in [1.54, 1.807) is 18.3 Å². The highest BCUT2D eigenvalue weighted by molar-refractivity contribution is 6.02. The third kappa shape index (κ3) is 4.23.